The van der Waals surface area contributed by atoms with Gasteiger partial charge in [-0.15, -0.1) is 0 Å². The predicted molar refractivity (Wildman–Crippen MR) is 62.3 cm³/mol. The maximum Gasteiger partial charge on any atom is 0.249 e. The van der Waals surface area contributed by atoms with E-state index >= 15 is 0 Å². The fourth-order valence-electron chi connectivity index (χ4n) is 1.27. The van der Waals surface area contributed by atoms with Gasteiger partial charge >= 0.3 is 0 Å². The number of amides is 1. The van der Waals surface area contributed by atoms with Crippen molar-refractivity contribution < 1.29 is 4.79 Å². The number of hydrogen-bond acceptors (Lipinski definition) is 1. The average Bonchev–Trinajstić information content (AvgIpc) is 3.08. The smallest absolute Gasteiger partial charge is 0.249 e. The van der Waals surface area contributed by atoms with Crippen LogP contribution < -0.4 is 5.73 Å². The van der Waals surface area contributed by atoms with Gasteiger partial charge in [0.15, 0.2) is 0 Å². The summed E-state index contributed by atoms with van der Waals surface area (Å²) in [5.74, 6) is 11.5. The number of nitrogens with two attached hydrogens (primary N) is 1. The second-order valence-corrected chi connectivity index (χ2v) is 3.70. The van der Waals surface area contributed by atoms with Gasteiger partial charge in [-0.3, -0.25) is 4.79 Å². The molecule has 0 unspecified atom stereocenters. The third-order valence-corrected chi connectivity index (χ3v) is 2.31. The van der Waals surface area contributed by atoms with E-state index in [4.69, 9.17) is 5.73 Å². The van der Waals surface area contributed by atoms with Crippen molar-refractivity contribution in [3.8, 4) is 23.7 Å². The highest BCUT2D eigenvalue weighted by atomic mass is 16.1. The van der Waals surface area contributed by atoms with Gasteiger partial charge in [0.2, 0.25) is 5.91 Å². The highest BCUT2D eigenvalue weighted by Crippen LogP contribution is 2.27. The Kier molecular flexibility index (Phi) is 2.94. The highest BCUT2D eigenvalue weighted by molar-refractivity contribution is 5.95. The minimum absolute atomic E-state index is 0.447. The summed E-state index contributed by atoms with van der Waals surface area (Å²) in [7, 11) is 0. The third-order valence-electron chi connectivity index (χ3n) is 2.31. The van der Waals surface area contributed by atoms with Gasteiger partial charge in [-0.2, -0.15) is 0 Å². The number of rotatable bonds is 1. The fraction of sp³-hybridized carbons (Fsp3) is 0.214. The van der Waals surface area contributed by atoms with Crippen LogP contribution in [0.2, 0.25) is 0 Å². The standard InChI is InChI=1S/C14H11NO/c15-14(16)13-8-4-3-7-12(13)6-2-1-5-11-9-10-11/h3-4,7-8,11H,9-10H2,(H2,15,16). The van der Waals surface area contributed by atoms with Gasteiger partial charge in [-0.25, -0.2) is 0 Å². The number of hydrogen-bond donors (Lipinski definition) is 1. The van der Waals surface area contributed by atoms with Crippen LogP contribution in [0.25, 0.3) is 0 Å². The number of primary amides is 1. The van der Waals surface area contributed by atoms with Gasteiger partial charge < -0.3 is 5.73 Å². The van der Waals surface area contributed by atoms with E-state index in [1.54, 1.807) is 18.2 Å². The molecule has 0 radical (unpaired) electrons. The Morgan fingerprint density at radius 1 is 1.25 bits per heavy atom. The van der Waals surface area contributed by atoms with Crippen LogP contribution in [0.15, 0.2) is 24.3 Å². The summed E-state index contributed by atoms with van der Waals surface area (Å²) in [6.07, 6.45) is 2.37. The summed E-state index contributed by atoms with van der Waals surface area (Å²) in [4.78, 5) is 11.1. The molecule has 2 rings (SSSR count). The van der Waals surface area contributed by atoms with Crippen molar-refractivity contribution in [1.82, 2.24) is 0 Å². The average molecular weight is 209 g/mol. The van der Waals surface area contributed by atoms with E-state index in [-0.39, 0.29) is 0 Å². The van der Waals surface area contributed by atoms with Crippen molar-refractivity contribution in [2.24, 2.45) is 11.7 Å². The molecule has 1 amide bonds. The summed E-state index contributed by atoms with van der Waals surface area (Å²) in [5, 5.41) is 0. The Morgan fingerprint density at radius 2 is 2.00 bits per heavy atom. The van der Waals surface area contributed by atoms with E-state index < -0.39 is 5.91 Å². The molecule has 1 fully saturated rings. The summed E-state index contributed by atoms with van der Waals surface area (Å²) >= 11 is 0. The Bertz CT molecular complexity index is 533. The van der Waals surface area contributed by atoms with E-state index in [9.17, 15) is 4.79 Å². The summed E-state index contributed by atoms with van der Waals surface area (Å²) in [5.41, 5.74) is 6.32. The molecule has 0 atom stereocenters. The summed E-state index contributed by atoms with van der Waals surface area (Å²) in [6.45, 7) is 0. The lowest BCUT2D eigenvalue weighted by Crippen LogP contribution is -2.12. The molecule has 1 aromatic rings. The molecule has 0 aliphatic heterocycles. The van der Waals surface area contributed by atoms with Gasteiger partial charge in [0.1, 0.15) is 0 Å². The molecule has 1 aliphatic rings. The van der Waals surface area contributed by atoms with E-state index in [1.807, 2.05) is 6.07 Å². The van der Waals surface area contributed by atoms with Gasteiger partial charge in [0.25, 0.3) is 0 Å². The Labute approximate surface area is 94.8 Å². The third kappa shape index (κ3) is 2.65. The van der Waals surface area contributed by atoms with Gasteiger partial charge in [0, 0.05) is 11.5 Å². The highest BCUT2D eigenvalue weighted by Gasteiger charge is 2.17. The van der Waals surface area contributed by atoms with Crippen molar-refractivity contribution in [2.45, 2.75) is 12.8 Å². The van der Waals surface area contributed by atoms with Crippen molar-refractivity contribution in [3.05, 3.63) is 35.4 Å². The first kappa shape index (κ1) is 10.3. The topological polar surface area (TPSA) is 43.1 Å². The lowest BCUT2D eigenvalue weighted by molar-refractivity contribution is 0.1000. The monoisotopic (exact) mass is 209 g/mol. The maximum atomic E-state index is 11.1. The van der Waals surface area contributed by atoms with E-state index in [0.717, 1.165) is 0 Å². The number of carbonyl (C=O) groups is 1. The van der Waals surface area contributed by atoms with Crippen LogP contribution in [-0.2, 0) is 0 Å². The van der Waals surface area contributed by atoms with E-state index in [2.05, 4.69) is 23.7 Å². The van der Waals surface area contributed by atoms with Crippen LogP contribution in [0.4, 0.5) is 0 Å². The minimum Gasteiger partial charge on any atom is -0.366 e. The molecule has 2 nitrogen and oxygen atoms in total. The molecule has 0 saturated heterocycles. The molecule has 1 aromatic carbocycles. The summed E-state index contributed by atoms with van der Waals surface area (Å²) in [6, 6.07) is 7.03. The van der Waals surface area contributed by atoms with Gasteiger partial charge in [-0.1, -0.05) is 24.0 Å². The first-order valence-electron chi connectivity index (χ1n) is 5.18. The Morgan fingerprint density at radius 3 is 2.69 bits per heavy atom. The van der Waals surface area contributed by atoms with Crippen LogP contribution in [-0.4, -0.2) is 5.91 Å². The molecule has 0 aromatic heterocycles. The Balaban J connectivity index is 2.20. The van der Waals surface area contributed by atoms with Crippen LogP contribution in [0.3, 0.4) is 0 Å². The van der Waals surface area contributed by atoms with Crippen LogP contribution in [0, 0.1) is 29.6 Å². The van der Waals surface area contributed by atoms with Crippen molar-refractivity contribution in [3.63, 3.8) is 0 Å². The molecule has 0 heterocycles. The van der Waals surface area contributed by atoms with Crippen LogP contribution >= 0.6 is 0 Å². The molecule has 0 bridgehead atoms. The molecule has 2 heteroatoms. The lowest BCUT2D eigenvalue weighted by atomic mass is 10.1. The summed E-state index contributed by atoms with van der Waals surface area (Å²) < 4.78 is 0. The van der Waals surface area contributed by atoms with Crippen molar-refractivity contribution in [1.29, 1.82) is 0 Å². The van der Waals surface area contributed by atoms with Crippen molar-refractivity contribution >= 4 is 5.91 Å². The molecular weight excluding hydrogens is 198 g/mol. The van der Waals surface area contributed by atoms with E-state index in [1.165, 1.54) is 12.8 Å². The normalized spacial score (nSPS) is 13.0. The molecule has 1 aliphatic carbocycles. The van der Waals surface area contributed by atoms with E-state index in [0.29, 0.717) is 17.0 Å². The minimum atomic E-state index is -0.458. The molecule has 0 spiro atoms. The van der Waals surface area contributed by atoms with Gasteiger partial charge in [0.05, 0.1) is 5.56 Å². The van der Waals surface area contributed by atoms with Gasteiger partial charge in [-0.05, 0) is 36.8 Å². The van der Waals surface area contributed by atoms with Crippen molar-refractivity contribution in [2.75, 3.05) is 0 Å². The zero-order chi connectivity index (χ0) is 11.4. The molecule has 1 saturated carbocycles. The molecule has 16 heavy (non-hydrogen) atoms. The first-order chi connectivity index (χ1) is 7.77. The number of benzene rings is 1. The first-order valence-corrected chi connectivity index (χ1v) is 5.18. The quantitative estimate of drug-likeness (QED) is 0.701. The maximum absolute atomic E-state index is 11.1. The van der Waals surface area contributed by atoms with Crippen LogP contribution in [0.5, 0.6) is 0 Å². The zero-order valence-electron chi connectivity index (χ0n) is 8.79. The Hall–Kier alpha value is -2.19. The molecule has 2 N–H and O–H groups in total. The molecular formula is C14H11NO. The SMILES string of the molecule is NC(=O)c1ccccc1C#CC#CC1CC1. The second kappa shape index (κ2) is 4.55. The van der Waals surface area contributed by atoms with Crippen LogP contribution in [0.1, 0.15) is 28.8 Å². The zero-order valence-corrected chi connectivity index (χ0v) is 8.79. The largest absolute Gasteiger partial charge is 0.366 e. The number of carbonyl (C=O) groups excluding carboxylic acids is 1. The molecule has 78 valence electrons. The predicted octanol–water partition coefficient (Wildman–Crippen LogP) is 1.55. The second-order valence-electron chi connectivity index (χ2n) is 3.70. The fourth-order valence-corrected chi connectivity index (χ4v) is 1.27. The lowest BCUT2D eigenvalue weighted by Gasteiger charge is -1.97.